The van der Waals surface area contributed by atoms with E-state index in [9.17, 15) is 5.11 Å². The van der Waals surface area contributed by atoms with Gasteiger partial charge >= 0.3 is 0 Å². The number of likely N-dealkylation sites (tertiary alicyclic amines) is 1. The van der Waals surface area contributed by atoms with E-state index >= 15 is 0 Å². The zero-order valence-corrected chi connectivity index (χ0v) is 12.0. The molecule has 0 saturated carbocycles. The topological polar surface area (TPSA) is 44.7 Å². The number of piperidine rings is 1. The average molecular weight is 256 g/mol. The lowest BCUT2D eigenvalue weighted by atomic mass is 9.88. The second kappa shape index (κ2) is 5.87. The van der Waals surface area contributed by atoms with Crippen LogP contribution in [0.15, 0.2) is 0 Å². The van der Waals surface area contributed by atoms with E-state index in [2.05, 4.69) is 31.1 Å². The van der Waals surface area contributed by atoms with Crippen molar-refractivity contribution in [3.63, 3.8) is 0 Å². The minimum atomic E-state index is -0.551. The summed E-state index contributed by atoms with van der Waals surface area (Å²) in [6.45, 7) is 7.81. The maximum atomic E-state index is 10.5. The van der Waals surface area contributed by atoms with Gasteiger partial charge in [-0.05, 0) is 26.3 Å². The van der Waals surface area contributed by atoms with Crippen molar-refractivity contribution in [1.82, 2.24) is 10.2 Å². The molecule has 18 heavy (non-hydrogen) atoms. The smallest absolute Gasteiger partial charge is 0.0815 e. The molecular weight excluding hydrogens is 228 g/mol. The Bertz CT molecular complexity index is 267. The van der Waals surface area contributed by atoms with Crippen LogP contribution in [-0.2, 0) is 4.74 Å². The number of aliphatic hydroxyl groups is 1. The van der Waals surface area contributed by atoms with Crippen molar-refractivity contribution in [1.29, 1.82) is 0 Å². The van der Waals surface area contributed by atoms with E-state index in [0.29, 0.717) is 37.8 Å². The molecule has 0 spiro atoms. The lowest BCUT2D eigenvalue weighted by Crippen LogP contribution is -2.55. The highest BCUT2D eigenvalue weighted by Crippen LogP contribution is 2.23. The van der Waals surface area contributed by atoms with Crippen LogP contribution >= 0.6 is 0 Å². The first kappa shape index (κ1) is 14.3. The molecule has 2 aliphatic heterocycles. The molecule has 4 heteroatoms. The van der Waals surface area contributed by atoms with Gasteiger partial charge in [-0.15, -0.1) is 0 Å². The third kappa shape index (κ3) is 3.44. The lowest BCUT2D eigenvalue weighted by molar-refractivity contribution is -0.0648. The third-order valence-corrected chi connectivity index (χ3v) is 4.73. The largest absolute Gasteiger partial charge is 0.388 e. The second-order valence-electron chi connectivity index (χ2n) is 6.33. The Balaban J connectivity index is 1.82. The molecule has 2 aliphatic rings. The van der Waals surface area contributed by atoms with Crippen LogP contribution in [0.1, 0.15) is 33.1 Å². The highest BCUT2D eigenvalue weighted by atomic mass is 16.5. The molecule has 2 heterocycles. The normalized spacial score (nSPS) is 37.7. The van der Waals surface area contributed by atoms with Gasteiger partial charge in [0, 0.05) is 51.2 Å². The molecule has 2 saturated heterocycles. The standard InChI is InChI=1S/C14H28N2O2/c1-11-9-16(3)12(2)8-13(11)15-10-14(17)4-6-18-7-5-14/h11-13,15,17H,4-10H2,1-3H3. The monoisotopic (exact) mass is 256 g/mol. The van der Waals surface area contributed by atoms with Crippen LogP contribution in [-0.4, -0.2) is 61.0 Å². The van der Waals surface area contributed by atoms with Crippen LogP contribution in [0.2, 0.25) is 0 Å². The van der Waals surface area contributed by atoms with Crippen LogP contribution in [0.3, 0.4) is 0 Å². The molecule has 3 atom stereocenters. The number of hydrogen-bond acceptors (Lipinski definition) is 4. The Hall–Kier alpha value is -0.160. The first-order valence-electron chi connectivity index (χ1n) is 7.24. The molecule has 0 amide bonds. The zero-order chi connectivity index (χ0) is 13.2. The van der Waals surface area contributed by atoms with Gasteiger partial charge in [-0.3, -0.25) is 0 Å². The SMILES string of the molecule is CC1CN(C)C(C)CC1NCC1(O)CCOCC1. The Morgan fingerprint density at radius 2 is 2.00 bits per heavy atom. The summed E-state index contributed by atoms with van der Waals surface area (Å²) in [5.74, 6) is 0.648. The van der Waals surface area contributed by atoms with Gasteiger partial charge < -0.3 is 20.1 Å². The summed E-state index contributed by atoms with van der Waals surface area (Å²) in [5.41, 5.74) is -0.551. The Kier molecular flexibility index (Phi) is 4.64. The predicted molar refractivity (Wildman–Crippen MR) is 72.7 cm³/mol. The van der Waals surface area contributed by atoms with Crippen LogP contribution < -0.4 is 5.32 Å². The maximum Gasteiger partial charge on any atom is 0.0815 e. The van der Waals surface area contributed by atoms with Gasteiger partial charge in [-0.1, -0.05) is 6.92 Å². The average Bonchev–Trinajstić information content (AvgIpc) is 2.33. The minimum absolute atomic E-state index is 0.531. The Labute approximate surface area is 111 Å². The molecular formula is C14H28N2O2. The predicted octanol–water partition coefficient (Wildman–Crippen LogP) is 0.846. The lowest BCUT2D eigenvalue weighted by Gasteiger charge is -2.42. The molecule has 0 aliphatic carbocycles. The zero-order valence-electron chi connectivity index (χ0n) is 12.0. The van der Waals surface area contributed by atoms with E-state index in [4.69, 9.17) is 4.74 Å². The van der Waals surface area contributed by atoms with Gasteiger partial charge in [-0.25, -0.2) is 0 Å². The molecule has 0 aromatic carbocycles. The van der Waals surface area contributed by atoms with Crippen molar-refractivity contribution < 1.29 is 9.84 Å². The summed E-state index contributed by atoms with van der Waals surface area (Å²) < 4.78 is 5.31. The Morgan fingerprint density at radius 1 is 1.33 bits per heavy atom. The van der Waals surface area contributed by atoms with Crippen molar-refractivity contribution in [2.24, 2.45) is 5.92 Å². The van der Waals surface area contributed by atoms with Crippen molar-refractivity contribution in [3.05, 3.63) is 0 Å². The van der Waals surface area contributed by atoms with Crippen LogP contribution in [0.25, 0.3) is 0 Å². The van der Waals surface area contributed by atoms with Crippen LogP contribution in [0, 0.1) is 5.92 Å². The summed E-state index contributed by atoms with van der Waals surface area (Å²) in [6, 6.07) is 1.16. The summed E-state index contributed by atoms with van der Waals surface area (Å²) in [7, 11) is 2.20. The van der Waals surface area contributed by atoms with Crippen molar-refractivity contribution in [2.75, 3.05) is 33.4 Å². The van der Waals surface area contributed by atoms with Crippen LogP contribution in [0.4, 0.5) is 0 Å². The quantitative estimate of drug-likeness (QED) is 0.786. The number of ether oxygens (including phenoxy) is 1. The third-order valence-electron chi connectivity index (χ3n) is 4.73. The van der Waals surface area contributed by atoms with Gasteiger partial charge in [0.1, 0.15) is 0 Å². The van der Waals surface area contributed by atoms with Crippen LogP contribution in [0.5, 0.6) is 0 Å². The molecule has 0 aromatic heterocycles. The number of rotatable bonds is 3. The molecule has 2 rings (SSSR count). The molecule has 0 bridgehead atoms. The fraction of sp³-hybridized carbons (Fsp3) is 1.00. The first-order chi connectivity index (χ1) is 8.50. The highest BCUT2D eigenvalue weighted by Gasteiger charge is 2.33. The van der Waals surface area contributed by atoms with Gasteiger partial charge in [0.05, 0.1) is 5.60 Å². The van der Waals surface area contributed by atoms with E-state index in [1.54, 1.807) is 0 Å². The molecule has 106 valence electrons. The van der Waals surface area contributed by atoms with E-state index in [1.165, 1.54) is 6.42 Å². The number of hydrogen-bond donors (Lipinski definition) is 2. The molecule has 2 fully saturated rings. The molecule has 3 unspecified atom stereocenters. The van der Waals surface area contributed by atoms with Gasteiger partial charge in [0.2, 0.25) is 0 Å². The van der Waals surface area contributed by atoms with E-state index in [-0.39, 0.29) is 0 Å². The summed E-state index contributed by atoms with van der Waals surface area (Å²) in [5, 5.41) is 14.1. The maximum absolute atomic E-state index is 10.5. The number of nitrogens with zero attached hydrogens (tertiary/aromatic N) is 1. The minimum Gasteiger partial charge on any atom is -0.388 e. The summed E-state index contributed by atoms with van der Waals surface area (Å²) >= 11 is 0. The van der Waals surface area contributed by atoms with E-state index in [0.717, 1.165) is 19.4 Å². The van der Waals surface area contributed by atoms with E-state index < -0.39 is 5.60 Å². The molecule has 0 aromatic rings. The Morgan fingerprint density at radius 3 is 2.67 bits per heavy atom. The molecule has 4 nitrogen and oxygen atoms in total. The molecule has 2 N–H and O–H groups in total. The van der Waals surface area contributed by atoms with Crippen molar-refractivity contribution in [3.8, 4) is 0 Å². The summed E-state index contributed by atoms with van der Waals surface area (Å²) in [4.78, 5) is 2.42. The van der Waals surface area contributed by atoms with Gasteiger partial charge in [0.25, 0.3) is 0 Å². The fourth-order valence-electron chi connectivity index (χ4n) is 3.07. The van der Waals surface area contributed by atoms with Crippen molar-refractivity contribution in [2.45, 2.75) is 50.8 Å². The highest BCUT2D eigenvalue weighted by molar-refractivity contribution is 4.90. The molecule has 0 radical (unpaired) electrons. The van der Waals surface area contributed by atoms with Crippen molar-refractivity contribution >= 4 is 0 Å². The first-order valence-corrected chi connectivity index (χ1v) is 7.24. The van der Waals surface area contributed by atoms with E-state index in [1.807, 2.05) is 0 Å². The van der Waals surface area contributed by atoms with Gasteiger partial charge in [-0.2, -0.15) is 0 Å². The summed E-state index contributed by atoms with van der Waals surface area (Å²) in [6.07, 6.45) is 2.69. The number of nitrogens with one attached hydrogen (secondary N) is 1. The van der Waals surface area contributed by atoms with Gasteiger partial charge in [0.15, 0.2) is 0 Å². The second-order valence-corrected chi connectivity index (χ2v) is 6.33. The fourth-order valence-corrected chi connectivity index (χ4v) is 3.07.